The highest BCUT2D eigenvalue weighted by molar-refractivity contribution is 5.95. The molecule has 4 rings (SSSR count). The van der Waals surface area contributed by atoms with Gasteiger partial charge in [-0.1, -0.05) is 17.3 Å². The molecule has 9 nitrogen and oxygen atoms in total. The van der Waals surface area contributed by atoms with Gasteiger partial charge in [0.2, 0.25) is 5.82 Å². The van der Waals surface area contributed by atoms with Crippen LogP contribution in [-0.2, 0) is 10.9 Å². The summed E-state index contributed by atoms with van der Waals surface area (Å²) >= 11 is 0. The number of carbonyl (C=O) groups excluding carboxylic acids is 2. The number of ether oxygens (including phenoxy) is 1. The van der Waals surface area contributed by atoms with Crippen molar-refractivity contribution in [2.24, 2.45) is 0 Å². The first-order valence-electron chi connectivity index (χ1n) is 9.91. The minimum atomic E-state index is -4.74. The molecule has 12 heteroatoms. The van der Waals surface area contributed by atoms with E-state index in [2.05, 4.69) is 25.0 Å². The van der Waals surface area contributed by atoms with Crippen LogP contribution in [0, 0.1) is 0 Å². The summed E-state index contributed by atoms with van der Waals surface area (Å²) in [5.74, 6) is -2.27. The number of rotatable bonds is 5. The van der Waals surface area contributed by atoms with Crippen molar-refractivity contribution in [2.75, 3.05) is 26.3 Å². The molecule has 1 atom stereocenters. The molecule has 1 fully saturated rings. The first-order valence-corrected chi connectivity index (χ1v) is 9.91. The molecule has 3 aromatic rings. The maximum absolute atomic E-state index is 12.8. The van der Waals surface area contributed by atoms with E-state index in [4.69, 9.17) is 4.74 Å². The molecule has 1 saturated heterocycles. The van der Waals surface area contributed by atoms with Crippen LogP contribution in [0.1, 0.15) is 26.6 Å². The monoisotopic (exact) mass is 461 g/mol. The summed E-state index contributed by atoms with van der Waals surface area (Å²) in [6, 6.07) is 8.60. The summed E-state index contributed by atoms with van der Waals surface area (Å²) in [6.07, 6.45) is -1.67. The fourth-order valence-corrected chi connectivity index (χ4v) is 3.29. The molecule has 1 N–H and O–H groups in total. The van der Waals surface area contributed by atoms with E-state index in [9.17, 15) is 22.8 Å². The van der Waals surface area contributed by atoms with Crippen LogP contribution >= 0.6 is 0 Å². The fraction of sp³-hybridized carbons (Fsp3) is 0.286. The first kappa shape index (κ1) is 22.4. The van der Waals surface area contributed by atoms with Gasteiger partial charge in [-0.15, -0.1) is 0 Å². The number of hydrogen-bond acceptors (Lipinski definition) is 7. The van der Waals surface area contributed by atoms with Gasteiger partial charge in [0.15, 0.2) is 0 Å². The highest BCUT2D eigenvalue weighted by atomic mass is 19.4. The fourth-order valence-electron chi connectivity index (χ4n) is 3.29. The van der Waals surface area contributed by atoms with Gasteiger partial charge >= 0.3 is 12.1 Å². The molecule has 172 valence electrons. The summed E-state index contributed by atoms with van der Waals surface area (Å²) in [4.78, 5) is 34.2. The Labute approximate surface area is 185 Å². The van der Waals surface area contributed by atoms with E-state index in [1.807, 2.05) is 0 Å². The van der Waals surface area contributed by atoms with Crippen molar-refractivity contribution in [3.63, 3.8) is 0 Å². The van der Waals surface area contributed by atoms with Gasteiger partial charge in [0.1, 0.15) is 0 Å². The molecule has 33 heavy (non-hydrogen) atoms. The van der Waals surface area contributed by atoms with Crippen LogP contribution in [0.15, 0.2) is 53.3 Å². The van der Waals surface area contributed by atoms with Gasteiger partial charge in [0, 0.05) is 42.2 Å². The second kappa shape index (κ2) is 9.36. The number of pyridine rings is 1. The highest BCUT2D eigenvalue weighted by Gasteiger charge is 2.38. The van der Waals surface area contributed by atoms with Crippen LogP contribution in [0.25, 0.3) is 11.4 Å². The topological polar surface area (TPSA) is 110 Å². The van der Waals surface area contributed by atoms with Crippen LogP contribution in [0.4, 0.5) is 13.2 Å². The summed E-state index contributed by atoms with van der Waals surface area (Å²) in [6.45, 7) is 1.22. The molecule has 3 heterocycles. The standard InChI is InChI=1S/C21H18F3N5O4/c22-21(23,24)20-27-17(28-33-20)13-1-3-14(4-2-13)18(30)26-11-16-12-32-10-9-29(16)19(31)15-5-7-25-8-6-15/h1-8,16H,9-12H2,(H,26,30)/t16-/m1/s1. The minimum Gasteiger partial charge on any atom is -0.377 e. The number of amides is 2. The number of benzene rings is 1. The van der Waals surface area contributed by atoms with Gasteiger partial charge in [0.25, 0.3) is 11.8 Å². The van der Waals surface area contributed by atoms with Gasteiger partial charge in [-0.3, -0.25) is 14.6 Å². The predicted molar refractivity (Wildman–Crippen MR) is 107 cm³/mol. The van der Waals surface area contributed by atoms with E-state index >= 15 is 0 Å². The number of nitrogens with one attached hydrogen (secondary N) is 1. The molecule has 2 aromatic heterocycles. The number of aromatic nitrogens is 3. The Morgan fingerprint density at radius 3 is 2.48 bits per heavy atom. The van der Waals surface area contributed by atoms with Gasteiger partial charge in [-0.2, -0.15) is 18.2 Å². The Bertz CT molecular complexity index is 1120. The normalized spacial score (nSPS) is 16.5. The lowest BCUT2D eigenvalue weighted by atomic mass is 10.1. The van der Waals surface area contributed by atoms with Crippen LogP contribution in [0.5, 0.6) is 0 Å². The van der Waals surface area contributed by atoms with E-state index in [-0.39, 0.29) is 42.1 Å². The SMILES string of the molecule is O=C(NC[C@@H]1COCCN1C(=O)c1ccncc1)c1ccc(-c2noc(C(F)(F)F)n2)cc1. The van der Waals surface area contributed by atoms with E-state index < -0.39 is 18.0 Å². The lowest BCUT2D eigenvalue weighted by Crippen LogP contribution is -2.53. The number of nitrogens with zero attached hydrogens (tertiary/aromatic N) is 4. The maximum Gasteiger partial charge on any atom is 0.471 e. The Balaban J connectivity index is 1.38. The zero-order chi connectivity index (χ0) is 23.4. The quantitative estimate of drug-likeness (QED) is 0.621. The predicted octanol–water partition coefficient (Wildman–Crippen LogP) is 2.42. The molecular formula is C21H18F3N5O4. The van der Waals surface area contributed by atoms with Crippen molar-refractivity contribution in [3.05, 3.63) is 65.8 Å². The molecule has 1 aromatic carbocycles. The number of halogens is 3. The average molecular weight is 461 g/mol. The molecular weight excluding hydrogens is 443 g/mol. The average Bonchev–Trinajstić information content (AvgIpc) is 3.34. The van der Waals surface area contributed by atoms with Crippen molar-refractivity contribution in [1.82, 2.24) is 25.3 Å². The van der Waals surface area contributed by atoms with Crippen molar-refractivity contribution in [3.8, 4) is 11.4 Å². The Morgan fingerprint density at radius 2 is 1.82 bits per heavy atom. The second-order valence-corrected chi connectivity index (χ2v) is 7.17. The molecule has 0 unspecified atom stereocenters. The van der Waals surface area contributed by atoms with Crippen molar-refractivity contribution < 1.29 is 32.0 Å². The smallest absolute Gasteiger partial charge is 0.377 e. The van der Waals surface area contributed by atoms with Crippen LogP contribution < -0.4 is 5.32 Å². The largest absolute Gasteiger partial charge is 0.471 e. The van der Waals surface area contributed by atoms with E-state index in [1.54, 1.807) is 17.0 Å². The minimum absolute atomic E-state index is 0.164. The number of carbonyl (C=O) groups is 2. The molecule has 0 saturated carbocycles. The van der Waals surface area contributed by atoms with E-state index in [1.165, 1.54) is 36.7 Å². The second-order valence-electron chi connectivity index (χ2n) is 7.17. The molecule has 0 radical (unpaired) electrons. The highest BCUT2D eigenvalue weighted by Crippen LogP contribution is 2.29. The molecule has 0 aliphatic carbocycles. The number of alkyl halides is 3. The molecule has 0 spiro atoms. The van der Waals surface area contributed by atoms with Crippen LogP contribution in [0.2, 0.25) is 0 Å². The summed E-state index contributed by atoms with van der Waals surface area (Å²) in [5, 5.41) is 6.08. The molecule has 2 amide bonds. The Kier molecular flexibility index (Phi) is 6.36. The number of morpholine rings is 1. The number of hydrogen-bond donors (Lipinski definition) is 1. The summed E-state index contributed by atoms with van der Waals surface area (Å²) < 4.78 is 47.5. The van der Waals surface area contributed by atoms with Gasteiger partial charge < -0.3 is 19.5 Å². The van der Waals surface area contributed by atoms with Crippen molar-refractivity contribution in [1.29, 1.82) is 0 Å². The third kappa shape index (κ3) is 5.17. The van der Waals surface area contributed by atoms with E-state index in [0.29, 0.717) is 18.7 Å². The van der Waals surface area contributed by atoms with Crippen LogP contribution in [0.3, 0.4) is 0 Å². The Morgan fingerprint density at radius 1 is 1.09 bits per heavy atom. The van der Waals surface area contributed by atoms with Crippen molar-refractivity contribution in [2.45, 2.75) is 12.2 Å². The van der Waals surface area contributed by atoms with E-state index in [0.717, 1.165) is 0 Å². The van der Waals surface area contributed by atoms with Gasteiger partial charge in [0.05, 0.1) is 19.3 Å². The Hall–Kier alpha value is -3.80. The maximum atomic E-state index is 12.8. The summed E-state index contributed by atoms with van der Waals surface area (Å²) in [5.41, 5.74) is 1.04. The molecule has 1 aliphatic rings. The van der Waals surface area contributed by atoms with Gasteiger partial charge in [-0.25, -0.2) is 0 Å². The molecule has 0 bridgehead atoms. The van der Waals surface area contributed by atoms with Crippen molar-refractivity contribution >= 4 is 11.8 Å². The molecule has 1 aliphatic heterocycles. The first-order chi connectivity index (χ1) is 15.8. The third-order valence-corrected chi connectivity index (χ3v) is 4.99. The van der Waals surface area contributed by atoms with Gasteiger partial charge in [-0.05, 0) is 24.3 Å². The zero-order valence-corrected chi connectivity index (χ0v) is 17.1. The third-order valence-electron chi connectivity index (χ3n) is 4.99. The van der Waals surface area contributed by atoms with Crippen LogP contribution in [-0.4, -0.2) is 64.2 Å². The summed E-state index contributed by atoms with van der Waals surface area (Å²) in [7, 11) is 0. The lowest BCUT2D eigenvalue weighted by molar-refractivity contribution is -0.159. The lowest BCUT2D eigenvalue weighted by Gasteiger charge is -2.35. The zero-order valence-electron chi connectivity index (χ0n) is 17.1.